The number of aryl methyl sites for hydroxylation is 1. The van der Waals surface area contributed by atoms with Gasteiger partial charge in [0.05, 0.1) is 29.4 Å². The molecule has 5 amide bonds. The number of imidazole rings is 1. The van der Waals surface area contributed by atoms with E-state index in [1.807, 2.05) is 39.9 Å². The van der Waals surface area contributed by atoms with Crippen LogP contribution in [0.5, 0.6) is 0 Å². The number of halogens is 2. The number of hydrogen-bond acceptors (Lipinski definition) is 12. The Morgan fingerprint density at radius 2 is 1.60 bits per heavy atom. The summed E-state index contributed by atoms with van der Waals surface area (Å²) in [7, 11) is 0. The standard InChI is InChI=1S/C53H59F2N11O6/c1-32(67)62-17-10-43-42(30-62)50(58-66(43)35-11-23-72-24-12-35)64-14-2-3-34-25-38(40(49(54)55)27-45(34)64)39-28-47-56-13-18-63(47)31-46(39)61-15-8-33(9-16-61)29-59-19-21-60(22-20-59)36-4-5-37-41(26-36)53(71)65(52(37)70)44-6-7-48(68)57-51(44)69/h4-5,13,18,25-28,31,33,35,44,49H,2-3,6-12,14-17,19-24,29-30H2,1H3,(H,57,68,69). The summed E-state index contributed by atoms with van der Waals surface area (Å²) in [5.41, 5.74) is 8.14. The summed E-state index contributed by atoms with van der Waals surface area (Å²) >= 11 is 0. The molecule has 376 valence electrons. The third-order valence-electron chi connectivity index (χ3n) is 16.3. The van der Waals surface area contributed by atoms with Crippen LogP contribution >= 0.6 is 0 Å². The van der Waals surface area contributed by atoms with E-state index in [9.17, 15) is 24.0 Å². The molecule has 7 aliphatic heterocycles. The first-order valence-corrected chi connectivity index (χ1v) is 25.7. The Morgan fingerprint density at radius 1 is 0.806 bits per heavy atom. The number of anilines is 4. The van der Waals surface area contributed by atoms with Crippen LogP contribution in [0, 0.1) is 5.92 Å². The van der Waals surface area contributed by atoms with Crippen molar-refractivity contribution >= 4 is 58.1 Å². The lowest BCUT2D eigenvalue weighted by Crippen LogP contribution is -2.54. The molecule has 19 heteroatoms. The molecule has 5 aromatic rings. The monoisotopic (exact) mass is 983 g/mol. The molecular weight excluding hydrogens is 925 g/mol. The van der Waals surface area contributed by atoms with Crippen molar-refractivity contribution in [3.8, 4) is 11.1 Å². The molecule has 12 rings (SSSR count). The van der Waals surface area contributed by atoms with Crippen LogP contribution in [-0.2, 0) is 38.5 Å². The quantitative estimate of drug-likeness (QED) is 0.174. The SMILES string of the molecule is CC(=O)N1CCc2c(c(N3CCCc4cc(-c5cc6nccn6cc5N5CCC(CN6CCN(c7ccc8c(c7)C(=O)N(C7CCC(=O)NC7=O)C8=O)CC6)CC5)c(C(F)F)cc43)nn2C2CCOCC2)C1. The third kappa shape index (κ3) is 8.27. The molecule has 72 heavy (non-hydrogen) atoms. The van der Waals surface area contributed by atoms with E-state index in [0.29, 0.717) is 56.4 Å². The topological polar surface area (TPSA) is 161 Å². The van der Waals surface area contributed by atoms with E-state index < -0.39 is 36.1 Å². The van der Waals surface area contributed by atoms with E-state index in [1.54, 1.807) is 31.3 Å². The van der Waals surface area contributed by atoms with Crippen molar-refractivity contribution in [2.45, 2.75) is 89.8 Å². The highest BCUT2D eigenvalue weighted by Crippen LogP contribution is 2.46. The first-order valence-electron chi connectivity index (χ1n) is 25.7. The van der Waals surface area contributed by atoms with Gasteiger partial charge in [0.1, 0.15) is 11.7 Å². The van der Waals surface area contributed by atoms with Gasteiger partial charge in [-0.25, -0.2) is 13.8 Å². The molecule has 10 heterocycles. The number of piperidine rings is 2. The Hall–Kier alpha value is -6.73. The van der Waals surface area contributed by atoms with Crippen molar-refractivity contribution in [1.82, 2.24) is 39.2 Å². The molecule has 0 aliphatic carbocycles. The van der Waals surface area contributed by atoms with E-state index in [2.05, 4.69) is 34.6 Å². The van der Waals surface area contributed by atoms with Crippen molar-refractivity contribution in [3.63, 3.8) is 0 Å². The molecule has 0 radical (unpaired) electrons. The van der Waals surface area contributed by atoms with Crippen LogP contribution in [-0.4, -0.2) is 142 Å². The molecule has 0 bridgehead atoms. The number of imide groups is 2. The number of carbonyl (C=O) groups excluding carboxylic acids is 5. The predicted molar refractivity (Wildman–Crippen MR) is 264 cm³/mol. The molecular formula is C53H59F2N11O6. The lowest BCUT2D eigenvalue weighted by molar-refractivity contribution is -0.136. The maximum absolute atomic E-state index is 15.7. The molecule has 7 aliphatic rings. The molecule has 0 spiro atoms. The third-order valence-corrected chi connectivity index (χ3v) is 16.3. The number of nitrogens with one attached hydrogen (secondary N) is 1. The zero-order valence-electron chi connectivity index (χ0n) is 40.5. The number of amides is 5. The van der Waals surface area contributed by atoms with Crippen LogP contribution in [0.1, 0.15) is 107 Å². The minimum absolute atomic E-state index is 0.0115. The average Bonchev–Trinajstić information content (AvgIpc) is 4.09. The molecule has 4 fully saturated rings. The maximum atomic E-state index is 15.7. The summed E-state index contributed by atoms with van der Waals surface area (Å²) in [6, 6.07) is 10.1. The summed E-state index contributed by atoms with van der Waals surface area (Å²) in [6.45, 7) is 10.3. The summed E-state index contributed by atoms with van der Waals surface area (Å²) in [5, 5.41) is 7.53. The van der Waals surface area contributed by atoms with Gasteiger partial charge in [0.15, 0.2) is 5.82 Å². The van der Waals surface area contributed by atoms with Crippen LogP contribution in [0.4, 0.5) is 31.7 Å². The van der Waals surface area contributed by atoms with Crippen molar-refractivity contribution in [1.29, 1.82) is 0 Å². The number of pyridine rings is 1. The molecule has 1 unspecified atom stereocenters. The first-order chi connectivity index (χ1) is 35.0. The number of hydrogen-bond donors (Lipinski definition) is 1. The van der Waals surface area contributed by atoms with Crippen LogP contribution in [0.25, 0.3) is 16.8 Å². The summed E-state index contributed by atoms with van der Waals surface area (Å²) < 4.78 is 41.2. The van der Waals surface area contributed by atoms with Crippen LogP contribution in [0.15, 0.2) is 55.0 Å². The number of piperazine rings is 1. The van der Waals surface area contributed by atoms with Crippen molar-refractivity contribution in [2.24, 2.45) is 5.92 Å². The van der Waals surface area contributed by atoms with Crippen LogP contribution in [0.3, 0.4) is 0 Å². The Bertz CT molecular complexity index is 3000. The minimum Gasteiger partial charge on any atom is -0.381 e. The van der Waals surface area contributed by atoms with E-state index in [1.165, 1.54) is 0 Å². The number of nitrogens with zero attached hydrogens (tertiary/aromatic N) is 10. The first kappa shape index (κ1) is 46.3. The van der Waals surface area contributed by atoms with E-state index in [-0.39, 0.29) is 41.5 Å². The van der Waals surface area contributed by atoms with Gasteiger partial charge >= 0.3 is 0 Å². The summed E-state index contributed by atoms with van der Waals surface area (Å²) in [4.78, 5) is 80.4. The molecule has 0 saturated carbocycles. The fraction of sp³-hybridized carbons (Fsp3) is 0.491. The van der Waals surface area contributed by atoms with Gasteiger partial charge in [-0.05, 0) is 98.4 Å². The van der Waals surface area contributed by atoms with Crippen LogP contribution < -0.4 is 20.0 Å². The fourth-order valence-electron chi connectivity index (χ4n) is 12.4. The summed E-state index contributed by atoms with van der Waals surface area (Å²) in [5.74, 6) is -0.829. The second-order valence-electron chi connectivity index (χ2n) is 20.5. The molecule has 4 saturated heterocycles. The molecule has 3 aromatic heterocycles. The molecule has 1 N–H and O–H groups in total. The number of ether oxygens (including phenoxy) is 1. The fourth-order valence-corrected chi connectivity index (χ4v) is 12.4. The lowest BCUT2D eigenvalue weighted by Gasteiger charge is -2.40. The lowest BCUT2D eigenvalue weighted by atomic mass is 9.90. The molecule has 17 nitrogen and oxygen atoms in total. The Labute approximate surface area is 415 Å². The molecule has 1 atom stereocenters. The Morgan fingerprint density at radius 3 is 2.36 bits per heavy atom. The average molecular weight is 984 g/mol. The van der Waals surface area contributed by atoms with Gasteiger partial charge in [-0.15, -0.1) is 0 Å². The van der Waals surface area contributed by atoms with E-state index in [0.717, 1.165) is 135 Å². The van der Waals surface area contributed by atoms with Gasteiger partial charge in [0.25, 0.3) is 18.2 Å². The van der Waals surface area contributed by atoms with Crippen LogP contribution in [0.2, 0.25) is 0 Å². The zero-order valence-corrected chi connectivity index (χ0v) is 40.5. The maximum Gasteiger partial charge on any atom is 0.264 e. The van der Waals surface area contributed by atoms with E-state index in [4.69, 9.17) is 9.84 Å². The minimum atomic E-state index is -2.74. The number of benzene rings is 2. The highest BCUT2D eigenvalue weighted by molar-refractivity contribution is 6.23. The van der Waals surface area contributed by atoms with Crippen molar-refractivity contribution < 1.29 is 37.5 Å². The van der Waals surface area contributed by atoms with Gasteiger partial charge in [-0.1, -0.05) is 0 Å². The van der Waals surface area contributed by atoms with Gasteiger partial charge in [0, 0.05) is 144 Å². The van der Waals surface area contributed by atoms with Gasteiger partial charge in [0.2, 0.25) is 17.7 Å². The number of alkyl halides is 2. The second-order valence-corrected chi connectivity index (χ2v) is 20.5. The Kier molecular flexibility index (Phi) is 12.0. The largest absolute Gasteiger partial charge is 0.381 e. The van der Waals surface area contributed by atoms with Crippen molar-refractivity contribution in [2.75, 3.05) is 86.8 Å². The number of carbonyl (C=O) groups is 5. The smallest absolute Gasteiger partial charge is 0.264 e. The molecule has 2 aromatic carbocycles. The normalized spacial score (nSPS) is 21.5. The highest BCUT2D eigenvalue weighted by atomic mass is 19.3. The number of aromatic nitrogens is 4. The van der Waals surface area contributed by atoms with Gasteiger partial charge in [-0.3, -0.25) is 43.8 Å². The predicted octanol–water partition coefficient (Wildman–Crippen LogP) is 5.92. The summed E-state index contributed by atoms with van der Waals surface area (Å²) in [6.07, 6.45) is 8.98. The Balaban J connectivity index is 0.750. The second kappa shape index (κ2) is 18.7. The van der Waals surface area contributed by atoms with E-state index >= 15 is 8.78 Å². The zero-order chi connectivity index (χ0) is 49.4. The number of fused-ring (bicyclic) bond motifs is 4. The van der Waals surface area contributed by atoms with Gasteiger partial charge < -0.3 is 28.7 Å². The van der Waals surface area contributed by atoms with Gasteiger partial charge in [-0.2, -0.15) is 5.10 Å². The highest BCUT2D eigenvalue weighted by Gasteiger charge is 2.45. The van der Waals surface area contributed by atoms with Crippen molar-refractivity contribution in [3.05, 3.63) is 88.5 Å². The number of rotatable bonds is 9.